The van der Waals surface area contributed by atoms with Crippen molar-refractivity contribution in [3.05, 3.63) is 0 Å². The standard InChI is InChI=1S/C20H36N4O6/c1-10(2)9-13(20(29)30)22-17(26)14-7-6-8-24(14)19(28)16(11(3)4)23-18(27)15(21)12(5)25/h10-16,25H,6-9,21H2,1-5H3,(H,22,26)(H,23,27)(H,29,30)/t12-,13+,14+,15+,16+/m1/s1. The zero-order valence-electron chi connectivity index (χ0n) is 18.4. The van der Waals surface area contributed by atoms with E-state index in [4.69, 9.17) is 5.73 Å². The van der Waals surface area contributed by atoms with Crippen LogP contribution in [0, 0.1) is 11.8 Å². The summed E-state index contributed by atoms with van der Waals surface area (Å²) in [6.07, 6.45) is 0.214. The van der Waals surface area contributed by atoms with E-state index in [0.29, 0.717) is 19.4 Å². The quantitative estimate of drug-likeness (QED) is 0.311. The Kier molecular flexibility index (Phi) is 9.70. The summed E-state index contributed by atoms with van der Waals surface area (Å²) in [5, 5.41) is 24.0. The lowest BCUT2D eigenvalue weighted by molar-refractivity contribution is -0.145. The molecule has 1 fully saturated rings. The molecule has 172 valence electrons. The van der Waals surface area contributed by atoms with Gasteiger partial charge in [0, 0.05) is 6.54 Å². The molecule has 3 amide bonds. The van der Waals surface area contributed by atoms with E-state index >= 15 is 0 Å². The highest BCUT2D eigenvalue weighted by Gasteiger charge is 2.40. The van der Waals surface area contributed by atoms with Crippen LogP contribution in [0.2, 0.25) is 0 Å². The van der Waals surface area contributed by atoms with E-state index in [9.17, 15) is 29.4 Å². The molecular weight excluding hydrogens is 392 g/mol. The first-order chi connectivity index (χ1) is 13.9. The molecule has 0 bridgehead atoms. The van der Waals surface area contributed by atoms with Gasteiger partial charge in [-0.2, -0.15) is 0 Å². The molecule has 1 aliphatic rings. The number of carboxylic acid groups (broad SMARTS) is 1. The molecular formula is C20H36N4O6. The van der Waals surface area contributed by atoms with Crippen molar-refractivity contribution in [2.75, 3.05) is 6.54 Å². The fourth-order valence-electron chi connectivity index (χ4n) is 3.42. The van der Waals surface area contributed by atoms with Crippen LogP contribution in [0.1, 0.15) is 53.9 Å². The number of nitrogens with one attached hydrogen (secondary N) is 2. The molecule has 1 aliphatic heterocycles. The molecule has 6 N–H and O–H groups in total. The Balaban J connectivity index is 2.93. The first kappa shape index (κ1) is 25.8. The van der Waals surface area contributed by atoms with Crippen LogP contribution < -0.4 is 16.4 Å². The van der Waals surface area contributed by atoms with Gasteiger partial charge in [0.1, 0.15) is 24.2 Å². The molecule has 1 heterocycles. The number of aliphatic hydroxyl groups is 1. The van der Waals surface area contributed by atoms with E-state index in [0.717, 1.165) is 0 Å². The third kappa shape index (κ3) is 6.94. The van der Waals surface area contributed by atoms with E-state index in [2.05, 4.69) is 10.6 Å². The smallest absolute Gasteiger partial charge is 0.326 e. The third-order valence-corrected chi connectivity index (χ3v) is 5.21. The minimum absolute atomic E-state index is 0.0753. The number of carbonyl (C=O) groups is 4. The number of carboxylic acids is 1. The Hall–Kier alpha value is -2.20. The number of likely N-dealkylation sites (tertiary alicyclic amines) is 1. The molecule has 0 aromatic rings. The zero-order valence-corrected chi connectivity index (χ0v) is 18.4. The fraction of sp³-hybridized carbons (Fsp3) is 0.800. The predicted octanol–water partition coefficient (Wildman–Crippen LogP) is -0.558. The van der Waals surface area contributed by atoms with Crippen LogP contribution in [0.25, 0.3) is 0 Å². The second-order valence-electron chi connectivity index (χ2n) is 8.72. The Morgan fingerprint density at radius 1 is 1.10 bits per heavy atom. The molecule has 30 heavy (non-hydrogen) atoms. The summed E-state index contributed by atoms with van der Waals surface area (Å²) < 4.78 is 0. The number of carbonyl (C=O) groups excluding carboxylic acids is 3. The molecule has 1 rings (SSSR count). The maximum Gasteiger partial charge on any atom is 0.326 e. The van der Waals surface area contributed by atoms with Crippen LogP contribution in [0.4, 0.5) is 0 Å². The number of amides is 3. The van der Waals surface area contributed by atoms with Crippen LogP contribution >= 0.6 is 0 Å². The van der Waals surface area contributed by atoms with Crippen LogP contribution in [0.3, 0.4) is 0 Å². The van der Waals surface area contributed by atoms with Gasteiger partial charge in [-0.3, -0.25) is 14.4 Å². The van der Waals surface area contributed by atoms with Crippen molar-refractivity contribution in [2.24, 2.45) is 17.6 Å². The second kappa shape index (κ2) is 11.3. The van der Waals surface area contributed by atoms with Crippen molar-refractivity contribution in [3.63, 3.8) is 0 Å². The number of nitrogens with zero attached hydrogens (tertiary/aromatic N) is 1. The predicted molar refractivity (Wildman–Crippen MR) is 110 cm³/mol. The van der Waals surface area contributed by atoms with Gasteiger partial charge in [0.05, 0.1) is 6.10 Å². The molecule has 5 atom stereocenters. The highest BCUT2D eigenvalue weighted by atomic mass is 16.4. The molecule has 0 radical (unpaired) electrons. The number of hydrogen-bond donors (Lipinski definition) is 5. The summed E-state index contributed by atoms with van der Waals surface area (Å²) in [7, 11) is 0. The van der Waals surface area contributed by atoms with Gasteiger partial charge in [-0.05, 0) is 38.0 Å². The van der Waals surface area contributed by atoms with Crippen LogP contribution in [-0.2, 0) is 19.2 Å². The molecule has 1 saturated heterocycles. The first-order valence-corrected chi connectivity index (χ1v) is 10.4. The highest BCUT2D eigenvalue weighted by Crippen LogP contribution is 2.21. The van der Waals surface area contributed by atoms with Crippen molar-refractivity contribution in [1.82, 2.24) is 15.5 Å². The first-order valence-electron chi connectivity index (χ1n) is 10.4. The lowest BCUT2D eigenvalue weighted by atomic mass is 10.0. The lowest BCUT2D eigenvalue weighted by Crippen LogP contribution is -2.59. The molecule has 10 heteroatoms. The van der Waals surface area contributed by atoms with Gasteiger partial charge >= 0.3 is 5.97 Å². The average Bonchev–Trinajstić information content (AvgIpc) is 3.13. The number of nitrogens with two attached hydrogens (primary N) is 1. The summed E-state index contributed by atoms with van der Waals surface area (Å²) >= 11 is 0. The Bertz CT molecular complexity index is 637. The number of rotatable bonds is 10. The summed E-state index contributed by atoms with van der Waals surface area (Å²) in [5.74, 6) is -2.91. The van der Waals surface area contributed by atoms with E-state index in [-0.39, 0.29) is 18.3 Å². The maximum absolute atomic E-state index is 13.1. The molecule has 0 aliphatic carbocycles. The van der Waals surface area contributed by atoms with E-state index in [1.807, 2.05) is 13.8 Å². The van der Waals surface area contributed by atoms with E-state index in [1.54, 1.807) is 13.8 Å². The molecule has 0 spiro atoms. The number of aliphatic hydroxyl groups excluding tert-OH is 1. The molecule has 10 nitrogen and oxygen atoms in total. The minimum atomic E-state index is -1.18. The third-order valence-electron chi connectivity index (χ3n) is 5.21. The SMILES string of the molecule is CC(C)C[C@H](NC(=O)[C@@H]1CCCN1C(=O)[C@@H](NC(=O)[C@@H](N)[C@@H](C)O)C(C)C)C(=O)O. The highest BCUT2D eigenvalue weighted by molar-refractivity contribution is 5.94. The van der Waals surface area contributed by atoms with E-state index < -0.39 is 54.0 Å². The Morgan fingerprint density at radius 3 is 2.17 bits per heavy atom. The van der Waals surface area contributed by atoms with Gasteiger partial charge < -0.3 is 31.5 Å². The van der Waals surface area contributed by atoms with Crippen molar-refractivity contribution < 1.29 is 29.4 Å². The molecule has 0 aromatic heterocycles. The van der Waals surface area contributed by atoms with Gasteiger partial charge in [0.15, 0.2) is 0 Å². The van der Waals surface area contributed by atoms with Gasteiger partial charge in [-0.25, -0.2) is 4.79 Å². The van der Waals surface area contributed by atoms with Crippen molar-refractivity contribution >= 4 is 23.7 Å². The van der Waals surface area contributed by atoms with Crippen molar-refractivity contribution in [2.45, 2.75) is 84.2 Å². The summed E-state index contributed by atoms with van der Waals surface area (Å²) in [4.78, 5) is 51.0. The molecule has 0 unspecified atom stereocenters. The normalized spacial score (nSPS) is 20.6. The van der Waals surface area contributed by atoms with Gasteiger partial charge in [-0.1, -0.05) is 27.7 Å². The largest absolute Gasteiger partial charge is 0.480 e. The molecule has 0 aromatic carbocycles. The summed E-state index contributed by atoms with van der Waals surface area (Å²) in [6, 6.07) is -3.92. The summed E-state index contributed by atoms with van der Waals surface area (Å²) in [5.41, 5.74) is 5.65. The molecule has 0 saturated carbocycles. The lowest BCUT2D eigenvalue weighted by Gasteiger charge is -2.31. The van der Waals surface area contributed by atoms with Crippen LogP contribution in [0.5, 0.6) is 0 Å². The monoisotopic (exact) mass is 428 g/mol. The maximum atomic E-state index is 13.1. The van der Waals surface area contributed by atoms with Crippen molar-refractivity contribution in [1.29, 1.82) is 0 Å². The topological polar surface area (TPSA) is 162 Å². The Labute approximate surface area is 177 Å². The summed E-state index contributed by atoms with van der Waals surface area (Å²) in [6.45, 7) is 8.95. The Morgan fingerprint density at radius 2 is 1.70 bits per heavy atom. The zero-order chi connectivity index (χ0) is 23.2. The number of hydrogen-bond acceptors (Lipinski definition) is 6. The fourth-order valence-corrected chi connectivity index (χ4v) is 3.42. The van der Waals surface area contributed by atoms with Crippen LogP contribution in [0.15, 0.2) is 0 Å². The second-order valence-corrected chi connectivity index (χ2v) is 8.72. The van der Waals surface area contributed by atoms with E-state index in [1.165, 1.54) is 11.8 Å². The van der Waals surface area contributed by atoms with Gasteiger partial charge in [-0.15, -0.1) is 0 Å². The van der Waals surface area contributed by atoms with Gasteiger partial charge in [0.25, 0.3) is 0 Å². The van der Waals surface area contributed by atoms with Crippen molar-refractivity contribution in [3.8, 4) is 0 Å². The van der Waals surface area contributed by atoms with Crippen LogP contribution in [-0.4, -0.2) is 75.6 Å². The average molecular weight is 429 g/mol. The minimum Gasteiger partial charge on any atom is -0.480 e. The number of aliphatic carboxylic acids is 1. The van der Waals surface area contributed by atoms with Gasteiger partial charge in [0.2, 0.25) is 17.7 Å².